The molecule has 0 aromatic heterocycles. The Labute approximate surface area is 143 Å². The van der Waals surface area contributed by atoms with Crippen molar-refractivity contribution < 1.29 is 24.1 Å². The maximum absolute atomic E-state index is 11.7. The van der Waals surface area contributed by atoms with Crippen LogP contribution in [0.3, 0.4) is 0 Å². The number of piperidine rings is 1. The zero-order valence-corrected chi connectivity index (χ0v) is 14.4. The second kappa shape index (κ2) is 9.49. The van der Waals surface area contributed by atoms with Crippen molar-refractivity contribution in [1.82, 2.24) is 4.90 Å². The van der Waals surface area contributed by atoms with E-state index in [1.807, 2.05) is 31.2 Å². The molecule has 0 amide bonds. The molecular weight excluding hydrogens is 310 g/mol. The van der Waals surface area contributed by atoms with Crippen LogP contribution in [0.2, 0.25) is 0 Å². The Bertz CT molecular complexity index is 497. The fourth-order valence-electron chi connectivity index (χ4n) is 2.83. The number of hydrogen-bond acceptors (Lipinski definition) is 6. The zero-order valence-electron chi connectivity index (χ0n) is 14.4. The molecule has 0 radical (unpaired) electrons. The number of esters is 1. The van der Waals surface area contributed by atoms with E-state index in [1.165, 1.54) is 0 Å². The summed E-state index contributed by atoms with van der Waals surface area (Å²) in [6, 6.07) is 7.27. The number of carbonyl (C=O) groups excluding carboxylic acids is 1. The van der Waals surface area contributed by atoms with E-state index in [1.54, 1.807) is 7.11 Å². The summed E-state index contributed by atoms with van der Waals surface area (Å²) in [5.74, 6) is 1.37. The Morgan fingerprint density at radius 2 is 1.88 bits per heavy atom. The molecule has 1 aromatic rings. The molecule has 1 fully saturated rings. The number of likely N-dealkylation sites (tertiary alicyclic amines) is 1. The fourth-order valence-corrected chi connectivity index (χ4v) is 2.83. The first-order valence-electron chi connectivity index (χ1n) is 8.46. The number of hydrogen-bond donors (Lipinski definition) is 1. The Morgan fingerprint density at radius 1 is 1.25 bits per heavy atom. The quantitative estimate of drug-likeness (QED) is 0.729. The van der Waals surface area contributed by atoms with Gasteiger partial charge in [-0.05, 0) is 57.1 Å². The summed E-state index contributed by atoms with van der Waals surface area (Å²) < 4.78 is 15.8. The largest absolute Gasteiger partial charge is 0.497 e. The standard InChI is InChI=1S/C18H27NO5/c1-3-23-18(21)14-8-10-19(11-9-14)12-15(20)13-24-17-6-4-16(22-2)5-7-17/h4-7,14-15,20H,3,8-13H2,1-2H3/t15-/m0/s1. The highest BCUT2D eigenvalue weighted by molar-refractivity contribution is 5.72. The third kappa shape index (κ3) is 5.69. The van der Waals surface area contributed by atoms with Crippen molar-refractivity contribution in [3.05, 3.63) is 24.3 Å². The van der Waals surface area contributed by atoms with E-state index >= 15 is 0 Å². The number of ether oxygens (including phenoxy) is 3. The summed E-state index contributed by atoms with van der Waals surface area (Å²) >= 11 is 0. The van der Waals surface area contributed by atoms with Crippen molar-refractivity contribution in [3.63, 3.8) is 0 Å². The average molecular weight is 337 g/mol. The minimum atomic E-state index is -0.564. The molecule has 0 bridgehead atoms. The summed E-state index contributed by atoms with van der Waals surface area (Å²) in [5, 5.41) is 10.1. The monoisotopic (exact) mass is 337 g/mol. The Kier molecular flexibility index (Phi) is 7.34. The van der Waals surface area contributed by atoms with E-state index < -0.39 is 6.10 Å². The molecule has 6 nitrogen and oxygen atoms in total. The fraction of sp³-hybridized carbons (Fsp3) is 0.611. The summed E-state index contributed by atoms with van der Waals surface area (Å²) in [6.07, 6.45) is 1.00. The van der Waals surface area contributed by atoms with E-state index in [2.05, 4.69) is 4.90 Å². The number of benzene rings is 1. The highest BCUT2D eigenvalue weighted by Crippen LogP contribution is 2.20. The number of β-amino-alcohol motifs (C(OH)–C–C–N with tert-alkyl or cyclic N) is 1. The first-order chi connectivity index (χ1) is 11.6. The number of methoxy groups -OCH3 is 1. The second-order valence-electron chi connectivity index (χ2n) is 5.97. The second-order valence-corrected chi connectivity index (χ2v) is 5.97. The molecule has 0 unspecified atom stereocenters. The molecule has 1 aromatic carbocycles. The first kappa shape index (κ1) is 18.5. The minimum absolute atomic E-state index is 0.00566. The van der Waals surface area contributed by atoms with E-state index in [0.717, 1.165) is 31.7 Å². The molecule has 1 heterocycles. The van der Waals surface area contributed by atoms with E-state index in [-0.39, 0.29) is 18.5 Å². The van der Waals surface area contributed by atoms with E-state index in [0.29, 0.717) is 18.9 Å². The van der Waals surface area contributed by atoms with Crippen molar-refractivity contribution >= 4 is 5.97 Å². The zero-order chi connectivity index (χ0) is 17.4. The predicted octanol–water partition coefficient (Wildman–Crippen LogP) is 1.71. The van der Waals surface area contributed by atoms with Crippen LogP contribution in [0.5, 0.6) is 11.5 Å². The number of rotatable bonds is 8. The van der Waals surface area contributed by atoms with Gasteiger partial charge in [-0.2, -0.15) is 0 Å². The Morgan fingerprint density at radius 3 is 2.46 bits per heavy atom. The summed E-state index contributed by atoms with van der Waals surface area (Å²) in [4.78, 5) is 13.9. The third-order valence-electron chi connectivity index (χ3n) is 4.18. The van der Waals surface area contributed by atoms with Gasteiger partial charge in [-0.1, -0.05) is 0 Å². The van der Waals surface area contributed by atoms with Crippen molar-refractivity contribution in [2.24, 2.45) is 5.92 Å². The topological polar surface area (TPSA) is 68.2 Å². The van der Waals surface area contributed by atoms with Crippen LogP contribution in [0, 0.1) is 5.92 Å². The predicted molar refractivity (Wildman–Crippen MR) is 90.3 cm³/mol. The van der Waals surface area contributed by atoms with Gasteiger partial charge in [-0.15, -0.1) is 0 Å². The molecule has 0 spiro atoms. The molecule has 24 heavy (non-hydrogen) atoms. The van der Waals surface area contributed by atoms with Crippen molar-refractivity contribution in [2.75, 3.05) is 40.0 Å². The molecule has 2 rings (SSSR count). The SMILES string of the molecule is CCOC(=O)C1CCN(C[C@H](O)COc2ccc(OC)cc2)CC1. The molecule has 134 valence electrons. The summed E-state index contributed by atoms with van der Waals surface area (Å²) in [7, 11) is 1.62. The molecule has 1 atom stereocenters. The smallest absolute Gasteiger partial charge is 0.309 e. The molecule has 0 aliphatic carbocycles. The van der Waals surface area contributed by atoms with Crippen LogP contribution in [-0.4, -0.2) is 62.0 Å². The van der Waals surface area contributed by atoms with Crippen LogP contribution in [0.25, 0.3) is 0 Å². The third-order valence-corrected chi connectivity index (χ3v) is 4.18. The molecule has 1 N–H and O–H groups in total. The van der Waals surface area contributed by atoms with E-state index in [4.69, 9.17) is 14.2 Å². The van der Waals surface area contributed by atoms with Crippen LogP contribution in [0.1, 0.15) is 19.8 Å². The Balaban J connectivity index is 1.67. The van der Waals surface area contributed by atoms with Gasteiger partial charge in [0.15, 0.2) is 0 Å². The molecule has 1 saturated heterocycles. The molecule has 0 saturated carbocycles. The highest BCUT2D eigenvalue weighted by Gasteiger charge is 2.26. The number of nitrogens with zero attached hydrogens (tertiary/aromatic N) is 1. The normalized spacial score (nSPS) is 17.3. The van der Waals surface area contributed by atoms with Gasteiger partial charge >= 0.3 is 5.97 Å². The van der Waals surface area contributed by atoms with Gasteiger partial charge in [-0.25, -0.2) is 0 Å². The molecule has 1 aliphatic rings. The van der Waals surface area contributed by atoms with Gasteiger partial charge in [0.2, 0.25) is 0 Å². The maximum Gasteiger partial charge on any atom is 0.309 e. The lowest BCUT2D eigenvalue weighted by molar-refractivity contribution is -0.149. The molecule has 6 heteroatoms. The highest BCUT2D eigenvalue weighted by atomic mass is 16.5. The van der Waals surface area contributed by atoms with Crippen molar-refractivity contribution in [3.8, 4) is 11.5 Å². The minimum Gasteiger partial charge on any atom is -0.497 e. The van der Waals surface area contributed by atoms with Gasteiger partial charge < -0.3 is 24.2 Å². The van der Waals surface area contributed by atoms with Crippen LogP contribution in [0.4, 0.5) is 0 Å². The average Bonchev–Trinajstić information content (AvgIpc) is 2.61. The van der Waals surface area contributed by atoms with E-state index in [9.17, 15) is 9.90 Å². The molecular formula is C18H27NO5. The molecule has 1 aliphatic heterocycles. The maximum atomic E-state index is 11.7. The lowest BCUT2D eigenvalue weighted by atomic mass is 9.97. The summed E-state index contributed by atoms with van der Waals surface area (Å²) in [5.41, 5.74) is 0. The first-order valence-corrected chi connectivity index (χ1v) is 8.46. The Hall–Kier alpha value is -1.79. The van der Waals surface area contributed by atoms with Crippen molar-refractivity contribution in [2.45, 2.75) is 25.9 Å². The van der Waals surface area contributed by atoms with Crippen molar-refractivity contribution in [1.29, 1.82) is 0 Å². The number of carbonyl (C=O) groups is 1. The van der Waals surface area contributed by atoms with Crippen LogP contribution in [0.15, 0.2) is 24.3 Å². The van der Waals surface area contributed by atoms with Crippen LogP contribution < -0.4 is 9.47 Å². The van der Waals surface area contributed by atoms with Gasteiger partial charge in [0, 0.05) is 6.54 Å². The van der Waals surface area contributed by atoms with Gasteiger partial charge in [0.25, 0.3) is 0 Å². The number of aliphatic hydroxyl groups excluding tert-OH is 1. The summed E-state index contributed by atoms with van der Waals surface area (Å²) in [6.45, 7) is 4.63. The van der Waals surface area contributed by atoms with Gasteiger partial charge in [0.05, 0.1) is 19.6 Å². The van der Waals surface area contributed by atoms with Gasteiger partial charge in [-0.3, -0.25) is 4.79 Å². The number of aliphatic hydroxyl groups is 1. The van der Waals surface area contributed by atoms with Gasteiger partial charge in [0.1, 0.15) is 24.2 Å². The lowest BCUT2D eigenvalue weighted by Crippen LogP contribution is -2.42. The lowest BCUT2D eigenvalue weighted by Gasteiger charge is -2.32. The van der Waals surface area contributed by atoms with Crippen LogP contribution >= 0.6 is 0 Å². The van der Waals surface area contributed by atoms with Crippen LogP contribution in [-0.2, 0) is 9.53 Å².